The van der Waals surface area contributed by atoms with Gasteiger partial charge in [-0.25, -0.2) is 0 Å². The van der Waals surface area contributed by atoms with Crippen molar-refractivity contribution in [2.45, 2.75) is 6.18 Å². The molecule has 110 valence electrons. The summed E-state index contributed by atoms with van der Waals surface area (Å²) < 4.78 is 63.7. The molecule has 0 aliphatic rings. The first-order chi connectivity index (χ1) is 9.14. The summed E-state index contributed by atoms with van der Waals surface area (Å²) in [7, 11) is -0.976. The predicted molar refractivity (Wildman–Crippen MR) is 68.9 cm³/mol. The van der Waals surface area contributed by atoms with E-state index in [1.54, 1.807) is 0 Å². The van der Waals surface area contributed by atoms with Crippen molar-refractivity contribution >= 4 is 10.2 Å². The quantitative estimate of drug-likeness (QED) is 0.859. The molecule has 0 saturated carbocycles. The summed E-state index contributed by atoms with van der Waals surface area (Å²) in [4.78, 5) is 0. The Morgan fingerprint density at radius 2 is 1.85 bits per heavy atom. The maximum atomic E-state index is 12.7. The third-order valence-electron chi connectivity index (χ3n) is 2.28. The predicted octanol–water partition coefficient (Wildman–Crippen LogP) is 1.45. The molecule has 1 rings (SSSR count). The molecule has 8 heteroatoms. The zero-order valence-electron chi connectivity index (χ0n) is 10.8. The minimum Gasteiger partial charge on any atom is -0.195 e. The number of hydrogen-bond donors (Lipinski definition) is 1. The van der Waals surface area contributed by atoms with Crippen molar-refractivity contribution in [3.05, 3.63) is 35.4 Å². The molecule has 0 spiro atoms. The Labute approximate surface area is 115 Å². The molecule has 0 amide bonds. The van der Waals surface area contributed by atoms with Crippen molar-refractivity contribution in [1.29, 1.82) is 0 Å². The fraction of sp³-hybridized carbons (Fsp3) is 0.333. The topological polar surface area (TPSA) is 49.4 Å². The molecule has 0 aliphatic heterocycles. The summed E-state index contributed by atoms with van der Waals surface area (Å²) in [6.07, 6.45) is -4.49. The Bertz CT molecular complexity index is 628. The second-order valence-corrected chi connectivity index (χ2v) is 5.92. The second-order valence-electron chi connectivity index (χ2n) is 3.95. The summed E-state index contributed by atoms with van der Waals surface area (Å²) >= 11 is 0. The molecule has 1 aromatic carbocycles. The van der Waals surface area contributed by atoms with Crippen LogP contribution in [0.3, 0.4) is 0 Å². The van der Waals surface area contributed by atoms with E-state index in [0.717, 1.165) is 10.4 Å². The van der Waals surface area contributed by atoms with Crippen LogP contribution >= 0.6 is 0 Å². The van der Waals surface area contributed by atoms with E-state index in [1.807, 2.05) is 0 Å². The zero-order valence-corrected chi connectivity index (χ0v) is 11.6. The van der Waals surface area contributed by atoms with Gasteiger partial charge in [0.15, 0.2) is 0 Å². The van der Waals surface area contributed by atoms with Gasteiger partial charge < -0.3 is 0 Å². The first-order valence-electron chi connectivity index (χ1n) is 5.47. The van der Waals surface area contributed by atoms with Gasteiger partial charge in [-0.3, -0.25) is 0 Å². The van der Waals surface area contributed by atoms with Crippen LogP contribution in [0.25, 0.3) is 0 Å². The summed E-state index contributed by atoms with van der Waals surface area (Å²) in [6, 6.07) is 4.86. The van der Waals surface area contributed by atoms with Gasteiger partial charge in [-0.1, -0.05) is 24.0 Å². The maximum Gasteiger partial charge on any atom is 0.417 e. The van der Waals surface area contributed by atoms with Crippen LogP contribution in [-0.2, 0) is 16.4 Å². The fourth-order valence-corrected chi connectivity index (χ4v) is 1.75. The number of hydrogen-bond acceptors (Lipinski definition) is 2. The lowest BCUT2D eigenvalue weighted by atomic mass is 10.1. The van der Waals surface area contributed by atoms with Gasteiger partial charge in [-0.15, -0.1) is 0 Å². The lowest BCUT2D eigenvalue weighted by molar-refractivity contribution is -0.137. The first kappa shape index (κ1) is 16.5. The Balaban J connectivity index is 2.85. The van der Waals surface area contributed by atoms with Crippen molar-refractivity contribution in [2.24, 2.45) is 0 Å². The van der Waals surface area contributed by atoms with E-state index in [-0.39, 0.29) is 12.1 Å². The van der Waals surface area contributed by atoms with Gasteiger partial charge in [0.1, 0.15) is 0 Å². The lowest BCUT2D eigenvalue weighted by Gasteiger charge is -2.10. The molecular weight excluding hydrogens is 293 g/mol. The van der Waals surface area contributed by atoms with E-state index in [1.165, 1.54) is 32.3 Å². The minimum atomic E-state index is -4.49. The Kier molecular flexibility index (Phi) is 5.16. The van der Waals surface area contributed by atoms with Crippen LogP contribution in [0.5, 0.6) is 0 Å². The molecule has 0 saturated heterocycles. The zero-order chi connectivity index (χ0) is 15.4. The van der Waals surface area contributed by atoms with E-state index in [0.29, 0.717) is 0 Å². The number of nitrogens with zero attached hydrogens (tertiary/aromatic N) is 1. The summed E-state index contributed by atoms with van der Waals surface area (Å²) in [5, 5.41) is 0. The van der Waals surface area contributed by atoms with Crippen LogP contribution in [0.4, 0.5) is 13.2 Å². The first-order valence-corrected chi connectivity index (χ1v) is 6.91. The van der Waals surface area contributed by atoms with E-state index >= 15 is 0 Å². The average Bonchev–Trinajstić information content (AvgIpc) is 2.34. The van der Waals surface area contributed by atoms with Gasteiger partial charge in [0.2, 0.25) is 0 Å². The van der Waals surface area contributed by atoms with Crippen molar-refractivity contribution in [3.8, 4) is 11.8 Å². The molecule has 0 aliphatic carbocycles. The van der Waals surface area contributed by atoms with Gasteiger partial charge in [0.05, 0.1) is 12.1 Å². The van der Waals surface area contributed by atoms with Gasteiger partial charge in [0, 0.05) is 19.7 Å². The van der Waals surface area contributed by atoms with Crippen LogP contribution in [-0.4, -0.2) is 33.4 Å². The largest absolute Gasteiger partial charge is 0.417 e. The number of alkyl halides is 3. The van der Waals surface area contributed by atoms with Crippen molar-refractivity contribution in [3.63, 3.8) is 0 Å². The minimum absolute atomic E-state index is 0.191. The summed E-state index contributed by atoms with van der Waals surface area (Å²) in [5.41, 5.74) is -1.04. The van der Waals surface area contributed by atoms with Gasteiger partial charge in [0.25, 0.3) is 10.2 Å². The summed E-state index contributed by atoms with van der Waals surface area (Å²) in [5.74, 6) is 4.67. The van der Waals surface area contributed by atoms with E-state index in [4.69, 9.17) is 0 Å². The smallest absolute Gasteiger partial charge is 0.195 e. The SMILES string of the molecule is CN(C)S(=O)(=O)NCC#Cc1ccccc1C(F)(F)F. The molecule has 0 atom stereocenters. The number of nitrogens with one attached hydrogen (secondary N) is 1. The van der Waals surface area contributed by atoms with Crippen molar-refractivity contribution < 1.29 is 21.6 Å². The third-order valence-corrected chi connectivity index (χ3v) is 3.75. The molecule has 1 aromatic rings. The van der Waals surface area contributed by atoms with E-state index in [9.17, 15) is 21.6 Å². The number of benzene rings is 1. The Hall–Kier alpha value is -1.56. The molecule has 0 unspecified atom stereocenters. The normalized spacial score (nSPS) is 12.1. The molecule has 0 fully saturated rings. The molecule has 0 radical (unpaired) electrons. The third kappa shape index (κ3) is 4.52. The monoisotopic (exact) mass is 306 g/mol. The number of halogens is 3. The Morgan fingerprint density at radius 1 is 1.25 bits per heavy atom. The van der Waals surface area contributed by atoms with E-state index < -0.39 is 21.9 Å². The highest BCUT2D eigenvalue weighted by Crippen LogP contribution is 2.31. The number of rotatable bonds is 3. The second kappa shape index (κ2) is 6.26. The Morgan fingerprint density at radius 3 is 2.40 bits per heavy atom. The van der Waals surface area contributed by atoms with Gasteiger partial charge >= 0.3 is 6.18 Å². The summed E-state index contributed by atoms with van der Waals surface area (Å²) in [6.45, 7) is -0.271. The van der Waals surface area contributed by atoms with Crippen LogP contribution in [0.2, 0.25) is 0 Å². The molecule has 0 aromatic heterocycles. The van der Waals surface area contributed by atoms with Crippen molar-refractivity contribution in [1.82, 2.24) is 9.03 Å². The molecule has 4 nitrogen and oxygen atoms in total. The van der Waals surface area contributed by atoms with E-state index in [2.05, 4.69) is 16.6 Å². The van der Waals surface area contributed by atoms with Crippen LogP contribution < -0.4 is 4.72 Å². The van der Waals surface area contributed by atoms with Crippen LogP contribution in [0.1, 0.15) is 11.1 Å². The molecule has 0 heterocycles. The van der Waals surface area contributed by atoms with Crippen LogP contribution in [0.15, 0.2) is 24.3 Å². The van der Waals surface area contributed by atoms with Gasteiger partial charge in [-0.05, 0) is 12.1 Å². The maximum absolute atomic E-state index is 12.7. The van der Waals surface area contributed by atoms with Gasteiger partial charge in [-0.2, -0.15) is 30.6 Å². The highest BCUT2D eigenvalue weighted by Gasteiger charge is 2.32. The van der Waals surface area contributed by atoms with Crippen molar-refractivity contribution in [2.75, 3.05) is 20.6 Å². The van der Waals surface area contributed by atoms with Crippen LogP contribution in [0, 0.1) is 11.8 Å². The fourth-order valence-electron chi connectivity index (χ4n) is 1.24. The lowest BCUT2D eigenvalue weighted by Crippen LogP contribution is -2.35. The standard InChI is InChI=1S/C12H13F3N2O2S/c1-17(2)20(18,19)16-9-5-7-10-6-3-4-8-11(10)12(13,14)15/h3-4,6,8,16H,9H2,1-2H3. The molecule has 20 heavy (non-hydrogen) atoms. The molecule has 0 bridgehead atoms. The average molecular weight is 306 g/mol. The molecule has 1 N–H and O–H groups in total. The highest BCUT2D eigenvalue weighted by molar-refractivity contribution is 7.87. The highest BCUT2D eigenvalue weighted by atomic mass is 32.2. The molecular formula is C12H13F3N2O2S.